The molecule has 2 aromatic rings. The Labute approximate surface area is 123 Å². The number of rotatable bonds is 3. The van der Waals surface area contributed by atoms with Crippen molar-refractivity contribution in [2.75, 3.05) is 7.05 Å². The van der Waals surface area contributed by atoms with Crippen LogP contribution in [0.4, 0.5) is 13.2 Å². The number of benzene rings is 2. The van der Waals surface area contributed by atoms with Gasteiger partial charge in [0.2, 0.25) is 0 Å². The van der Waals surface area contributed by atoms with Gasteiger partial charge in [-0.3, -0.25) is 0 Å². The molecular formula is C15H13BrF3N. The number of nitrogens with one attached hydrogen (secondary N) is 1. The SMILES string of the molecule is CNC(c1ccc(F)cc1Br)c1ccc(C)c(F)c1F. The minimum atomic E-state index is -0.888. The van der Waals surface area contributed by atoms with E-state index in [1.807, 2.05) is 0 Å². The molecule has 1 unspecified atom stereocenters. The zero-order valence-electron chi connectivity index (χ0n) is 11.0. The van der Waals surface area contributed by atoms with Gasteiger partial charge in [0.1, 0.15) is 5.82 Å². The standard InChI is InChI=1S/C15H13BrF3N/c1-8-3-5-11(14(19)13(8)18)15(20-2)10-6-4-9(17)7-12(10)16/h3-7,15,20H,1-2H3. The van der Waals surface area contributed by atoms with Crippen LogP contribution in [0.3, 0.4) is 0 Å². The molecule has 0 heterocycles. The van der Waals surface area contributed by atoms with E-state index in [0.717, 1.165) is 0 Å². The highest BCUT2D eigenvalue weighted by molar-refractivity contribution is 9.10. The summed E-state index contributed by atoms with van der Waals surface area (Å²) in [6, 6.07) is 6.60. The highest BCUT2D eigenvalue weighted by Crippen LogP contribution is 2.31. The molecular weight excluding hydrogens is 331 g/mol. The molecule has 0 spiro atoms. The van der Waals surface area contributed by atoms with E-state index in [2.05, 4.69) is 21.2 Å². The molecule has 2 aromatic carbocycles. The molecule has 0 saturated carbocycles. The van der Waals surface area contributed by atoms with E-state index in [9.17, 15) is 13.2 Å². The summed E-state index contributed by atoms with van der Waals surface area (Å²) in [4.78, 5) is 0. The van der Waals surface area contributed by atoms with E-state index in [4.69, 9.17) is 0 Å². The molecule has 0 saturated heterocycles. The summed E-state index contributed by atoms with van der Waals surface area (Å²) < 4.78 is 41.4. The van der Waals surface area contributed by atoms with E-state index < -0.39 is 23.5 Å². The first-order valence-electron chi connectivity index (χ1n) is 6.02. The monoisotopic (exact) mass is 343 g/mol. The lowest BCUT2D eigenvalue weighted by Gasteiger charge is -2.20. The summed E-state index contributed by atoms with van der Waals surface area (Å²) in [6.07, 6.45) is 0. The largest absolute Gasteiger partial charge is 0.309 e. The Kier molecular flexibility index (Phi) is 4.50. The lowest BCUT2D eigenvalue weighted by molar-refractivity contribution is 0.482. The van der Waals surface area contributed by atoms with Crippen LogP contribution in [-0.4, -0.2) is 7.05 Å². The maximum absolute atomic E-state index is 14.1. The molecule has 1 nitrogen and oxygen atoms in total. The minimum absolute atomic E-state index is 0.183. The summed E-state index contributed by atoms with van der Waals surface area (Å²) in [6.45, 7) is 1.50. The summed E-state index contributed by atoms with van der Waals surface area (Å²) in [7, 11) is 1.64. The van der Waals surface area contributed by atoms with E-state index >= 15 is 0 Å². The first kappa shape index (κ1) is 15.1. The van der Waals surface area contributed by atoms with Gasteiger partial charge >= 0.3 is 0 Å². The lowest BCUT2D eigenvalue weighted by atomic mass is 9.97. The molecule has 0 aliphatic rings. The highest BCUT2D eigenvalue weighted by atomic mass is 79.9. The second-order valence-corrected chi connectivity index (χ2v) is 5.34. The van der Waals surface area contributed by atoms with Gasteiger partial charge in [-0.2, -0.15) is 0 Å². The van der Waals surface area contributed by atoms with Crippen molar-refractivity contribution in [2.45, 2.75) is 13.0 Å². The molecule has 0 aliphatic heterocycles. The fourth-order valence-corrected chi connectivity index (χ4v) is 2.68. The average Bonchev–Trinajstić information content (AvgIpc) is 2.41. The molecule has 20 heavy (non-hydrogen) atoms. The number of hydrogen-bond donors (Lipinski definition) is 1. The van der Waals surface area contributed by atoms with Crippen LogP contribution in [0.5, 0.6) is 0 Å². The van der Waals surface area contributed by atoms with Gasteiger partial charge in [-0.1, -0.05) is 34.1 Å². The molecule has 0 fully saturated rings. The van der Waals surface area contributed by atoms with E-state index in [-0.39, 0.29) is 11.1 Å². The van der Waals surface area contributed by atoms with Crippen LogP contribution in [0.1, 0.15) is 22.7 Å². The van der Waals surface area contributed by atoms with E-state index in [1.165, 1.54) is 37.3 Å². The summed E-state index contributed by atoms with van der Waals surface area (Å²) in [5, 5.41) is 2.92. The fourth-order valence-electron chi connectivity index (χ4n) is 2.10. The van der Waals surface area contributed by atoms with Gasteiger partial charge in [0.05, 0.1) is 6.04 Å². The zero-order valence-corrected chi connectivity index (χ0v) is 12.6. The Bertz CT molecular complexity index is 643. The van der Waals surface area contributed by atoms with Crippen molar-refractivity contribution in [3.05, 3.63) is 68.9 Å². The van der Waals surface area contributed by atoms with Gasteiger partial charge in [-0.15, -0.1) is 0 Å². The van der Waals surface area contributed by atoms with Gasteiger partial charge in [0.25, 0.3) is 0 Å². The van der Waals surface area contributed by atoms with Crippen LogP contribution in [-0.2, 0) is 0 Å². The molecule has 106 valence electrons. The fraction of sp³-hybridized carbons (Fsp3) is 0.200. The lowest BCUT2D eigenvalue weighted by Crippen LogP contribution is -2.20. The first-order chi connectivity index (χ1) is 9.45. The third-order valence-corrected chi connectivity index (χ3v) is 3.87. The van der Waals surface area contributed by atoms with Crippen molar-refractivity contribution in [3.8, 4) is 0 Å². The normalized spacial score (nSPS) is 12.5. The van der Waals surface area contributed by atoms with Crippen LogP contribution in [0.15, 0.2) is 34.8 Å². The second kappa shape index (κ2) is 5.97. The van der Waals surface area contributed by atoms with Crippen molar-refractivity contribution < 1.29 is 13.2 Å². The summed E-state index contributed by atoms with van der Waals surface area (Å²) >= 11 is 3.25. The third-order valence-electron chi connectivity index (χ3n) is 3.18. The van der Waals surface area contributed by atoms with Crippen molar-refractivity contribution in [1.82, 2.24) is 5.32 Å². The maximum atomic E-state index is 14.1. The van der Waals surface area contributed by atoms with Gasteiger partial charge in [-0.05, 0) is 37.2 Å². The van der Waals surface area contributed by atoms with Crippen LogP contribution in [0.25, 0.3) is 0 Å². The van der Waals surface area contributed by atoms with Gasteiger partial charge in [-0.25, -0.2) is 13.2 Å². The molecule has 0 radical (unpaired) electrons. The zero-order chi connectivity index (χ0) is 14.9. The van der Waals surface area contributed by atoms with Crippen molar-refractivity contribution in [3.63, 3.8) is 0 Å². The summed E-state index contributed by atoms with van der Waals surface area (Å²) in [5.41, 5.74) is 1.07. The molecule has 0 aromatic heterocycles. The number of aryl methyl sites for hydroxylation is 1. The molecule has 1 N–H and O–H groups in total. The molecule has 0 amide bonds. The predicted octanol–water partition coefficient (Wildman–Crippen LogP) is 4.48. The van der Waals surface area contributed by atoms with Crippen molar-refractivity contribution in [1.29, 1.82) is 0 Å². The minimum Gasteiger partial charge on any atom is -0.309 e. The maximum Gasteiger partial charge on any atom is 0.164 e. The van der Waals surface area contributed by atoms with Crippen molar-refractivity contribution >= 4 is 15.9 Å². The van der Waals surface area contributed by atoms with E-state index in [1.54, 1.807) is 7.05 Å². The van der Waals surface area contributed by atoms with Gasteiger partial charge in [0.15, 0.2) is 11.6 Å². The van der Waals surface area contributed by atoms with Gasteiger partial charge in [0, 0.05) is 10.0 Å². The second-order valence-electron chi connectivity index (χ2n) is 4.49. The van der Waals surface area contributed by atoms with Crippen LogP contribution >= 0.6 is 15.9 Å². The van der Waals surface area contributed by atoms with Gasteiger partial charge < -0.3 is 5.32 Å². The topological polar surface area (TPSA) is 12.0 Å². The van der Waals surface area contributed by atoms with Crippen molar-refractivity contribution in [2.24, 2.45) is 0 Å². The Hall–Kier alpha value is -1.33. The molecule has 1 atom stereocenters. The molecule has 2 rings (SSSR count). The smallest absolute Gasteiger partial charge is 0.164 e. The third kappa shape index (κ3) is 2.74. The van der Waals surface area contributed by atoms with Crippen LogP contribution in [0, 0.1) is 24.4 Å². The van der Waals surface area contributed by atoms with Crippen LogP contribution in [0.2, 0.25) is 0 Å². The summed E-state index contributed by atoms with van der Waals surface area (Å²) in [5.74, 6) is -2.15. The predicted molar refractivity (Wildman–Crippen MR) is 76.1 cm³/mol. The Morgan fingerprint density at radius 2 is 1.65 bits per heavy atom. The Morgan fingerprint density at radius 1 is 1.00 bits per heavy atom. The first-order valence-corrected chi connectivity index (χ1v) is 6.81. The number of halogens is 4. The average molecular weight is 344 g/mol. The quantitative estimate of drug-likeness (QED) is 0.866. The molecule has 0 aliphatic carbocycles. The highest BCUT2D eigenvalue weighted by Gasteiger charge is 2.21. The van der Waals surface area contributed by atoms with Crippen LogP contribution < -0.4 is 5.32 Å². The molecule has 5 heteroatoms. The Balaban J connectivity index is 2.55. The molecule has 0 bridgehead atoms. The van der Waals surface area contributed by atoms with E-state index in [0.29, 0.717) is 10.0 Å². The Morgan fingerprint density at radius 3 is 2.25 bits per heavy atom. The number of hydrogen-bond acceptors (Lipinski definition) is 1.